The molecule has 1 aliphatic rings. The summed E-state index contributed by atoms with van der Waals surface area (Å²) in [7, 11) is 0. The molecule has 0 spiro atoms. The van der Waals surface area contributed by atoms with Crippen LogP contribution in [0.1, 0.15) is 54.9 Å². The Morgan fingerprint density at radius 3 is 2.76 bits per heavy atom. The predicted molar refractivity (Wildman–Crippen MR) is 89.2 cm³/mol. The number of pyridine rings is 2. The number of hydrogen-bond acceptors (Lipinski definition) is 5. The van der Waals surface area contributed by atoms with E-state index < -0.39 is 5.97 Å². The van der Waals surface area contributed by atoms with Gasteiger partial charge >= 0.3 is 5.97 Å². The van der Waals surface area contributed by atoms with Gasteiger partial charge in [-0.2, -0.15) is 0 Å². The highest BCUT2D eigenvalue weighted by Crippen LogP contribution is 2.34. The van der Waals surface area contributed by atoms with E-state index in [0.717, 1.165) is 5.56 Å². The Kier molecular flexibility index (Phi) is 3.28. The molecule has 0 bridgehead atoms. The van der Waals surface area contributed by atoms with E-state index in [4.69, 9.17) is 4.74 Å². The van der Waals surface area contributed by atoms with Gasteiger partial charge in [0.1, 0.15) is 11.4 Å². The van der Waals surface area contributed by atoms with Crippen molar-refractivity contribution in [3.05, 3.63) is 70.3 Å². The van der Waals surface area contributed by atoms with Crippen LogP contribution in [0.25, 0.3) is 5.52 Å². The minimum absolute atomic E-state index is 0.0956. The van der Waals surface area contributed by atoms with Crippen LogP contribution in [0.3, 0.4) is 0 Å². The molecule has 0 amide bonds. The van der Waals surface area contributed by atoms with Crippen molar-refractivity contribution in [2.75, 3.05) is 6.61 Å². The maximum atomic E-state index is 13.1. The summed E-state index contributed by atoms with van der Waals surface area (Å²) in [6, 6.07) is 6.74. The summed E-state index contributed by atoms with van der Waals surface area (Å²) >= 11 is 0. The molecule has 0 fully saturated rings. The lowest BCUT2D eigenvalue weighted by atomic mass is 9.89. The number of hydrogen-bond donors (Lipinski definition) is 0. The number of aromatic nitrogens is 2. The molecular weight excluding hydrogens is 320 g/mol. The Balaban J connectivity index is 2.15. The Morgan fingerprint density at radius 1 is 1.20 bits per heavy atom. The average molecular weight is 334 g/mol. The lowest BCUT2D eigenvalue weighted by Gasteiger charge is -2.14. The second-order valence-electron chi connectivity index (χ2n) is 5.79. The van der Waals surface area contributed by atoms with Crippen molar-refractivity contribution >= 4 is 23.1 Å². The fourth-order valence-corrected chi connectivity index (χ4v) is 3.34. The van der Waals surface area contributed by atoms with Gasteiger partial charge in [-0.25, -0.2) is 4.79 Å². The SMILES string of the molecule is CCOC(=O)c1c2c(n3cccc(C)c13)C(=O)c1ncccc1C2=O. The van der Waals surface area contributed by atoms with Gasteiger partial charge in [0.05, 0.1) is 28.8 Å². The number of carbonyl (C=O) groups is 3. The van der Waals surface area contributed by atoms with Gasteiger partial charge in [0.25, 0.3) is 0 Å². The van der Waals surface area contributed by atoms with Crippen LogP contribution in [-0.2, 0) is 4.74 Å². The van der Waals surface area contributed by atoms with Crippen molar-refractivity contribution in [3.8, 4) is 0 Å². The Bertz CT molecular complexity index is 1080. The second-order valence-corrected chi connectivity index (χ2v) is 5.79. The zero-order valence-electron chi connectivity index (χ0n) is 13.7. The zero-order valence-corrected chi connectivity index (χ0v) is 13.7. The molecule has 0 unspecified atom stereocenters. The van der Waals surface area contributed by atoms with E-state index in [9.17, 15) is 14.4 Å². The van der Waals surface area contributed by atoms with Crippen LogP contribution in [0.15, 0.2) is 36.7 Å². The highest BCUT2D eigenvalue weighted by molar-refractivity contribution is 6.31. The summed E-state index contributed by atoms with van der Waals surface area (Å²) in [6.07, 6.45) is 3.14. The number of fused-ring (bicyclic) bond motifs is 4. The molecular formula is C19H14N2O4. The van der Waals surface area contributed by atoms with Crippen LogP contribution in [0.2, 0.25) is 0 Å². The minimum Gasteiger partial charge on any atom is -0.462 e. The molecule has 25 heavy (non-hydrogen) atoms. The van der Waals surface area contributed by atoms with Crippen molar-refractivity contribution in [2.45, 2.75) is 13.8 Å². The topological polar surface area (TPSA) is 77.7 Å². The molecule has 0 saturated carbocycles. The summed E-state index contributed by atoms with van der Waals surface area (Å²) in [6.45, 7) is 3.70. The van der Waals surface area contributed by atoms with E-state index in [0.29, 0.717) is 5.52 Å². The van der Waals surface area contributed by atoms with Crippen LogP contribution in [0.4, 0.5) is 0 Å². The first-order valence-corrected chi connectivity index (χ1v) is 7.91. The maximum absolute atomic E-state index is 13.1. The van der Waals surface area contributed by atoms with Crippen LogP contribution < -0.4 is 0 Å². The molecule has 0 N–H and O–H groups in total. The summed E-state index contributed by atoms with van der Waals surface area (Å²) in [5.74, 6) is -1.37. The van der Waals surface area contributed by atoms with Crippen molar-refractivity contribution in [1.82, 2.24) is 9.38 Å². The van der Waals surface area contributed by atoms with Gasteiger partial charge in [-0.15, -0.1) is 0 Å². The second kappa shape index (κ2) is 5.37. The third kappa shape index (κ3) is 1.97. The number of nitrogens with zero attached hydrogens (tertiary/aromatic N) is 2. The van der Waals surface area contributed by atoms with Crippen LogP contribution in [0.5, 0.6) is 0 Å². The summed E-state index contributed by atoms with van der Waals surface area (Å²) in [4.78, 5) is 42.7. The molecule has 0 atom stereocenters. The van der Waals surface area contributed by atoms with E-state index in [2.05, 4.69) is 4.98 Å². The van der Waals surface area contributed by atoms with E-state index in [1.807, 2.05) is 13.0 Å². The Labute approximate surface area is 143 Å². The molecule has 3 aromatic heterocycles. The zero-order chi connectivity index (χ0) is 17.7. The molecule has 3 aromatic rings. The molecule has 1 aliphatic carbocycles. The number of aryl methyl sites for hydroxylation is 1. The molecule has 4 rings (SSSR count). The average Bonchev–Trinajstić information content (AvgIpc) is 2.97. The van der Waals surface area contributed by atoms with Crippen LogP contribution in [-0.4, -0.2) is 33.5 Å². The summed E-state index contributed by atoms with van der Waals surface area (Å²) in [5.41, 5.74) is 2.01. The maximum Gasteiger partial charge on any atom is 0.341 e. The quantitative estimate of drug-likeness (QED) is 0.527. The Morgan fingerprint density at radius 2 is 2.00 bits per heavy atom. The number of ether oxygens (including phenoxy) is 1. The van der Waals surface area contributed by atoms with Gasteiger partial charge in [0, 0.05) is 12.4 Å². The van der Waals surface area contributed by atoms with Crippen molar-refractivity contribution in [1.29, 1.82) is 0 Å². The van der Waals surface area contributed by atoms with Crippen molar-refractivity contribution < 1.29 is 19.1 Å². The van der Waals surface area contributed by atoms with E-state index in [1.54, 1.807) is 35.7 Å². The lowest BCUT2D eigenvalue weighted by molar-refractivity contribution is 0.0526. The fraction of sp³-hybridized carbons (Fsp3) is 0.158. The first-order valence-electron chi connectivity index (χ1n) is 7.91. The smallest absolute Gasteiger partial charge is 0.341 e. The first-order chi connectivity index (χ1) is 12.1. The molecule has 0 aliphatic heterocycles. The molecule has 6 heteroatoms. The number of rotatable bonds is 2. The van der Waals surface area contributed by atoms with Crippen LogP contribution >= 0.6 is 0 Å². The standard InChI is InChI=1S/C19H14N2O4/c1-3-25-19(24)13-12-16(21-9-5-6-10(2)15(13)21)18(23)14-11(17(12)22)7-4-8-20-14/h4-9H,3H2,1-2H3. The first kappa shape index (κ1) is 15.3. The number of ketones is 2. The molecule has 0 aromatic carbocycles. The monoisotopic (exact) mass is 334 g/mol. The summed E-state index contributed by atoms with van der Waals surface area (Å²) < 4.78 is 6.75. The largest absolute Gasteiger partial charge is 0.462 e. The molecule has 0 saturated heterocycles. The van der Waals surface area contributed by atoms with E-state index in [1.165, 1.54) is 6.20 Å². The van der Waals surface area contributed by atoms with Gasteiger partial charge in [0.2, 0.25) is 5.78 Å². The minimum atomic E-state index is -0.607. The highest BCUT2D eigenvalue weighted by Gasteiger charge is 2.39. The van der Waals surface area contributed by atoms with E-state index in [-0.39, 0.29) is 46.3 Å². The predicted octanol–water partition coefficient (Wildman–Crippen LogP) is 2.59. The molecule has 0 radical (unpaired) electrons. The highest BCUT2D eigenvalue weighted by atomic mass is 16.5. The number of esters is 1. The van der Waals surface area contributed by atoms with Crippen molar-refractivity contribution in [2.24, 2.45) is 0 Å². The van der Waals surface area contributed by atoms with Crippen molar-refractivity contribution in [3.63, 3.8) is 0 Å². The van der Waals surface area contributed by atoms with Gasteiger partial charge in [-0.05, 0) is 37.6 Å². The molecule has 124 valence electrons. The Hall–Kier alpha value is -3.28. The lowest BCUT2D eigenvalue weighted by Crippen LogP contribution is -2.24. The van der Waals surface area contributed by atoms with Gasteiger partial charge in [0.15, 0.2) is 5.78 Å². The third-order valence-corrected chi connectivity index (χ3v) is 4.35. The number of carbonyl (C=O) groups excluding carboxylic acids is 3. The van der Waals surface area contributed by atoms with Gasteiger partial charge in [-0.3, -0.25) is 14.6 Å². The fourth-order valence-electron chi connectivity index (χ4n) is 3.34. The van der Waals surface area contributed by atoms with Gasteiger partial charge < -0.3 is 9.14 Å². The summed E-state index contributed by atoms with van der Waals surface area (Å²) in [5, 5.41) is 0. The third-order valence-electron chi connectivity index (χ3n) is 4.35. The van der Waals surface area contributed by atoms with Gasteiger partial charge in [-0.1, -0.05) is 6.07 Å². The molecule has 3 heterocycles. The molecule has 6 nitrogen and oxygen atoms in total. The van der Waals surface area contributed by atoms with Crippen LogP contribution in [0, 0.1) is 6.92 Å². The normalized spacial score (nSPS) is 12.9. The van der Waals surface area contributed by atoms with E-state index >= 15 is 0 Å².